The number of allylic oxidation sites excluding steroid dienone is 5. The fourth-order valence-corrected chi connectivity index (χ4v) is 5.48. The molecule has 6 nitrogen and oxygen atoms in total. The number of fused-ring (bicyclic) bond motifs is 1. The Labute approximate surface area is 231 Å². The first kappa shape index (κ1) is 28.4. The third kappa shape index (κ3) is 6.32. The van der Waals surface area contributed by atoms with E-state index < -0.39 is 5.83 Å². The summed E-state index contributed by atoms with van der Waals surface area (Å²) < 4.78 is 18.1. The van der Waals surface area contributed by atoms with Crippen LogP contribution >= 0.6 is 11.6 Å². The van der Waals surface area contributed by atoms with Crippen molar-refractivity contribution in [2.75, 3.05) is 38.5 Å². The number of aryl methyl sites for hydroxylation is 1. The van der Waals surface area contributed by atoms with Crippen LogP contribution in [0.5, 0.6) is 0 Å². The molecule has 0 aromatic carbocycles. The van der Waals surface area contributed by atoms with Gasteiger partial charge in [0.05, 0.1) is 10.7 Å². The number of hydrogen-bond donors (Lipinski definition) is 1. The lowest BCUT2D eigenvalue weighted by atomic mass is 9.90. The highest BCUT2D eigenvalue weighted by Gasteiger charge is 2.29. The number of rotatable bonds is 10. The molecule has 38 heavy (non-hydrogen) atoms. The van der Waals surface area contributed by atoms with Crippen LogP contribution in [0, 0.1) is 18.8 Å². The lowest BCUT2D eigenvalue weighted by Crippen LogP contribution is -2.46. The van der Waals surface area contributed by atoms with Crippen molar-refractivity contribution in [3.05, 3.63) is 70.3 Å². The molecule has 1 aliphatic heterocycles. The molecule has 4 rings (SSSR count). The number of nitrogen functional groups attached to an aromatic ring is 1. The zero-order valence-corrected chi connectivity index (χ0v) is 24.2. The summed E-state index contributed by atoms with van der Waals surface area (Å²) >= 11 is 6.41. The maximum absolute atomic E-state index is 16.1. The average Bonchev–Trinajstić information content (AvgIpc) is 3.63. The highest BCUT2D eigenvalue weighted by molar-refractivity contribution is 6.31. The molecular weight excluding hydrogens is 499 g/mol. The average molecular weight is 541 g/mol. The van der Waals surface area contributed by atoms with E-state index in [4.69, 9.17) is 22.3 Å². The van der Waals surface area contributed by atoms with E-state index >= 15 is 4.39 Å². The topological polar surface area (TPSA) is 62.7 Å². The van der Waals surface area contributed by atoms with Crippen LogP contribution in [-0.2, 0) is 0 Å². The standard InChI is InChI=1S/C30H42ClFN6/c1-7-25(31)27(32)26(22(6)37-14-12-36(13-15-37)18-23-8-9-23)24(16-19(2)3)17-20(4)30-35-21(5)28-29(33)34-10-11-38(28)30/h7,10-11,17,19-20,23H,6,8-9,12-16,18H2,1-5H3,(H2,33,34)/b24-17+,25-7+,27-26+. The molecule has 2 aromatic rings. The predicted molar refractivity (Wildman–Crippen MR) is 156 cm³/mol. The monoisotopic (exact) mass is 540 g/mol. The lowest BCUT2D eigenvalue weighted by molar-refractivity contribution is 0.156. The minimum absolute atomic E-state index is 0.108. The van der Waals surface area contributed by atoms with Gasteiger partial charge in [-0.25, -0.2) is 14.4 Å². The number of piperazine rings is 1. The molecule has 1 saturated heterocycles. The van der Waals surface area contributed by atoms with Crippen molar-refractivity contribution in [2.24, 2.45) is 11.8 Å². The lowest BCUT2D eigenvalue weighted by Gasteiger charge is -2.38. The van der Waals surface area contributed by atoms with E-state index in [-0.39, 0.29) is 11.0 Å². The molecule has 3 heterocycles. The molecule has 2 fully saturated rings. The fourth-order valence-electron chi connectivity index (χ4n) is 5.38. The Hall–Kier alpha value is -2.64. The number of aromatic nitrogens is 3. The maximum atomic E-state index is 16.1. The Morgan fingerprint density at radius 2 is 1.92 bits per heavy atom. The summed E-state index contributed by atoms with van der Waals surface area (Å²) in [6.07, 6.45) is 10.7. The second-order valence-corrected chi connectivity index (χ2v) is 11.6. The van der Waals surface area contributed by atoms with E-state index in [0.717, 1.165) is 54.7 Å². The van der Waals surface area contributed by atoms with Gasteiger partial charge in [-0.15, -0.1) is 0 Å². The van der Waals surface area contributed by atoms with E-state index in [1.165, 1.54) is 19.4 Å². The number of nitrogens with two attached hydrogens (primary N) is 1. The number of nitrogens with zero attached hydrogens (tertiary/aromatic N) is 5. The molecule has 0 bridgehead atoms. The largest absolute Gasteiger partial charge is 0.382 e. The molecular formula is C30H42ClFN6. The fraction of sp³-hybridized carbons (Fsp3) is 0.533. The summed E-state index contributed by atoms with van der Waals surface area (Å²) in [5.74, 6) is 1.93. The van der Waals surface area contributed by atoms with Gasteiger partial charge < -0.3 is 10.6 Å². The van der Waals surface area contributed by atoms with Crippen molar-refractivity contribution < 1.29 is 4.39 Å². The normalized spacial score (nSPS) is 19.3. The third-order valence-corrected chi connectivity index (χ3v) is 7.92. The quantitative estimate of drug-likeness (QED) is 0.344. The highest BCUT2D eigenvalue weighted by Crippen LogP contribution is 2.37. The number of imidazole rings is 1. The molecule has 2 aromatic heterocycles. The van der Waals surface area contributed by atoms with Crippen LogP contribution in [0.25, 0.3) is 5.52 Å². The highest BCUT2D eigenvalue weighted by atomic mass is 35.5. The van der Waals surface area contributed by atoms with Crippen LogP contribution in [0.15, 0.2) is 58.8 Å². The number of halogens is 2. The van der Waals surface area contributed by atoms with Crippen LogP contribution < -0.4 is 5.73 Å². The van der Waals surface area contributed by atoms with Gasteiger partial charge in [0.15, 0.2) is 5.83 Å². The van der Waals surface area contributed by atoms with Crippen molar-refractivity contribution in [3.8, 4) is 0 Å². The van der Waals surface area contributed by atoms with Crippen molar-refractivity contribution in [1.82, 2.24) is 24.2 Å². The molecule has 206 valence electrons. The van der Waals surface area contributed by atoms with E-state index in [1.54, 1.807) is 19.2 Å². The Balaban J connectivity index is 1.71. The molecule has 0 radical (unpaired) electrons. The molecule has 0 spiro atoms. The smallest absolute Gasteiger partial charge is 0.150 e. The molecule has 2 N–H and O–H groups in total. The Morgan fingerprint density at radius 3 is 2.53 bits per heavy atom. The van der Waals surface area contributed by atoms with E-state index in [9.17, 15) is 0 Å². The number of anilines is 1. The SMILES string of the molecule is C=C(C(=C(F)/C(Cl)=C\C)/C(=C/C(C)c1nc(C)c2c(N)nccn12)CC(C)C)N1CCN(CC2CC2)CC1. The predicted octanol–water partition coefficient (Wildman–Crippen LogP) is 6.60. The van der Waals surface area contributed by atoms with Gasteiger partial charge in [-0.1, -0.05) is 51.1 Å². The van der Waals surface area contributed by atoms with E-state index in [0.29, 0.717) is 29.4 Å². The molecule has 1 unspecified atom stereocenters. The molecule has 2 aliphatic rings. The maximum Gasteiger partial charge on any atom is 0.150 e. The molecule has 1 aliphatic carbocycles. The van der Waals surface area contributed by atoms with Gasteiger partial charge in [-0.3, -0.25) is 9.30 Å². The third-order valence-electron chi connectivity index (χ3n) is 7.53. The summed E-state index contributed by atoms with van der Waals surface area (Å²) in [5.41, 5.74) is 9.88. The number of hydrogen-bond acceptors (Lipinski definition) is 5. The van der Waals surface area contributed by atoms with E-state index in [1.807, 2.05) is 17.5 Å². The molecule has 8 heteroatoms. The Kier molecular flexibility index (Phi) is 8.99. The minimum atomic E-state index is -0.420. The Bertz CT molecular complexity index is 1260. The van der Waals surface area contributed by atoms with E-state index in [2.05, 4.69) is 48.2 Å². The second kappa shape index (κ2) is 12.0. The van der Waals surface area contributed by atoms with Crippen molar-refractivity contribution in [2.45, 2.75) is 59.8 Å². The van der Waals surface area contributed by atoms with Gasteiger partial charge in [0, 0.05) is 62.3 Å². The first-order chi connectivity index (χ1) is 18.1. The van der Waals surface area contributed by atoms with Crippen molar-refractivity contribution in [3.63, 3.8) is 0 Å². The van der Waals surface area contributed by atoms with Gasteiger partial charge in [-0.2, -0.15) is 0 Å². The summed E-state index contributed by atoms with van der Waals surface area (Å²) in [6.45, 7) is 19.3. The van der Waals surface area contributed by atoms with Crippen LogP contribution in [0.1, 0.15) is 64.4 Å². The summed E-state index contributed by atoms with van der Waals surface area (Å²) in [6, 6.07) is 0. The van der Waals surface area contributed by atoms with Gasteiger partial charge in [0.1, 0.15) is 17.2 Å². The van der Waals surface area contributed by atoms with Gasteiger partial charge in [0.2, 0.25) is 0 Å². The van der Waals surface area contributed by atoms with Crippen molar-refractivity contribution >= 4 is 22.9 Å². The van der Waals surface area contributed by atoms with Crippen molar-refractivity contribution in [1.29, 1.82) is 0 Å². The van der Waals surface area contributed by atoms with Gasteiger partial charge >= 0.3 is 0 Å². The molecule has 0 amide bonds. The van der Waals surface area contributed by atoms with Gasteiger partial charge in [0.25, 0.3) is 0 Å². The molecule has 1 atom stereocenters. The van der Waals surface area contributed by atoms with Crippen LogP contribution in [0.2, 0.25) is 0 Å². The summed E-state index contributed by atoms with van der Waals surface area (Å²) in [4.78, 5) is 13.8. The minimum Gasteiger partial charge on any atom is -0.382 e. The zero-order chi connectivity index (χ0) is 27.6. The first-order valence-electron chi connectivity index (χ1n) is 13.8. The summed E-state index contributed by atoms with van der Waals surface area (Å²) in [5, 5.41) is 0.108. The van der Waals surface area contributed by atoms with Crippen LogP contribution in [0.3, 0.4) is 0 Å². The molecule has 1 saturated carbocycles. The second-order valence-electron chi connectivity index (χ2n) is 11.2. The Morgan fingerprint density at radius 1 is 1.24 bits per heavy atom. The zero-order valence-electron chi connectivity index (χ0n) is 23.5. The summed E-state index contributed by atoms with van der Waals surface area (Å²) in [7, 11) is 0. The van der Waals surface area contributed by atoms with Crippen LogP contribution in [-0.4, -0.2) is 56.9 Å². The first-order valence-corrected chi connectivity index (χ1v) is 14.2. The van der Waals surface area contributed by atoms with Crippen LogP contribution in [0.4, 0.5) is 10.2 Å². The van der Waals surface area contributed by atoms with Gasteiger partial charge in [-0.05, 0) is 50.5 Å².